The van der Waals surface area contributed by atoms with E-state index < -0.39 is 0 Å². The molecule has 1 fully saturated rings. The van der Waals surface area contributed by atoms with Crippen LogP contribution in [0.5, 0.6) is 5.75 Å². The third kappa shape index (κ3) is 3.24. The van der Waals surface area contributed by atoms with E-state index in [1.807, 2.05) is 0 Å². The minimum atomic E-state index is 0.625. The Balaban J connectivity index is 1.73. The summed E-state index contributed by atoms with van der Waals surface area (Å²) in [6.07, 6.45) is 2.40. The molecule has 0 aromatic heterocycles. The zero-order chi connectivity index (χ0) is 14.7. The molecule has 0 bridgehead atoms. The third-order valence-electron chi connectivity index (χ3n) is 5.24. The van der Waals surface area contributed by atoms with Crippen molar-refractivity contribution in [3.8, 4) is 5.75 Å². The summed E-state index contributed by atoms with van der Waals surface area (Å²) in [6, 6.07) is 9.27. The first-order valence-corrected chi connectivity index (χ1v) is 8.46. The quantitative estimate of drug-likeness (QED) is 0.922. The van der Waals surface area contributed by atoms with Gasteiger partial charge in [-0.15, -0.1) is 0 Å². The van der Waals surface area contributed by atoms with Crippen LogP contribution in [0.15, 0.2) is 24.3 Å². The molecule has 1 N–H and O–H groups in total. The molecule has 0 spiro atoms. The Morgan fingerprint density at radius 1 is 1.38 bits per heavy atom. The van der Waals surface area contributed by atoms with Crippen molar-refractivity contribution < 1.29 is 4.74 Å². The predicted molar refractivity (Wildman–Crippen MR) is 87.0 cm³/mol. The minimum Gasteiger partial charge on any atom is -0.493 e. The van der Waals surface area contributed by atoms with Crippen LogP contribution in [0.25, 0.3) is 0 Å². The van der Waals surface area contributed by atoms with Gasteiger partial charge in [0.1, 0.15) is 5.75 Å². The van der Waals surface area contributed by atoms with Crippen molar-refractivity contribution in [3.63, 3.8) is 0 Å². The molecule has 2 heterocycles. The number of hydrogen-bond donors (Lipinski definition) is 1. The molecule has 0 amide bonds. The molecule has 3 unspecified atom stereocenters. The Kier molecular flexibility index (Phi) is 4.81. The highest BCUT2D eigenvalue weighted by atomic mass is 16.5. The second-order valence-electron chi connectivity index (χ2n) is 6.52. The number of para-hydroxylation sites is 1. The van der Waals surface area contributed by atoms with Crippen LogP contribution in [-0.2, 0) is 0 Å². The number of benzene rings is 1. The lowest BCUT2D eigenvalue weighted by molar-refractivity contribution is 0.101. The maximum absolute atomic E-state index is 5.81. The summed E-state index contributed by atoms with van der Waals surface area (Å²) in [6.45, 7) is 10.2. The number of nitrogens with one attached hydrogen (secondary N) is 1. The van der Waals surface area contributed by atoms with E-state index in [9.17, 15) is 0 Å². The average molecular weight is 288 g/mol. The SMILES string of the molecule is CCC(C)C1CNCCN1CC1CCOc2ccccc21. The highest BCUT2D eigenvalue weighted by molar-refractivity contribution is 5.38. The Morgan fingerprint density at radius 3 is 3.10 bits per heavy atom. The summed E-state index contributed by atoms with van der Waals surface area (Å²) in [5, 5.41) is 3.57. The van der Waals surface area contributed by atoms with E-state index >= 15 is 0 Å². The summed E-state index contributed by atoms with van der Waals surface area (Å²) in [7, 11) is 0. The number of nitrogens with zero attached hydrogens (tertiary/aromatic N) is 1. The molecule has 3 atom stereocenters. The van der Waals surface area contributed by atoms with Crippen LogP contribution < -0.4 is 10.1 Å². The maximum Gasteiger partial charge on any atom is 0.122 e. The Labute approximate surface area is 128 Å². The predicted octanol–water partition coefficient (Wildman–Crippen LogP) is 2.87. The van der Waals surface area contributed by atoms with E-state index in [1.54, 1.807) is 0 Å². The number of ether oxygens (including phenoxy) is 1. The maximum atomic E-state index is 5.81. The third-order valence-corrected chi connectivity index (χ3v) is 5.24. The lowest BCUT2D eigenvalue weighted by Crippen LogP contribution is -2.55. The average Bonchev–Trinajstić information content (AvgIpc) is 2.55. The molecule has 0 aliphatic carbocycles. The molecule has 2 aliphatic rings. The van der Waals surface area contributed by atoms with Gasteiger partial charge in [-0.25, -0.2) is 0 Å². The van der Waals surface area contributed by atoms with Gasteiger partial charge in [0.2, 0.25) is 0 Å². The summed E-state index contributed by atoms with van der Waals surface area (Å²) >= 11 is 0. The van der Waals surface area contributed by atoms with Crippen LogP contribution in [-0.4, -0.2) is 43.7 Å². The molecule has 116 valence electrons. The van der Waals surface area contributed by atoms with Crippen LogP contribution >= 0.6 is 0 Å². The van der Waals surface area contributed by atoms with E-state index in [1.165, 1.54) is 25.1 Å². The van der Waals surface area contributed by atoms with Gasteiger partial charge in [-0.3, -0.25) is 4.90 Å². The fourth-order valence-corrected chi connectivity index (χ4v) is 3.72. The molecule has 2 aliphatic heterocycles. The van der Waals surface area contributed by atoms with Crippen molar-refractivity contribution in [1.82, 2.24) is 10.2 Å². The molecule has 1 aromatic carbocycles. The standard InChI is InChI=1S/C18H28N2O/c1-3-14(2)17-12-19-9-10-20(17)13-15-8-11-21-18-7-5-4-6-16(15)18/h4-7,14-15,17,19H,3,8-13H2,1-2H3. The number of hydrogen-bond acceptors (Lipinski definition) is 3. The van der Waals surface area contributed by atoms with Crippen molar-refractivity contribution in [2.75, 3.05) is 32.8 Å². The van der Waals surface area contributed by atoms with E-state index in [0.717, 1.165) is 37.8 Å². The Hall–Kier alpha value is -1.06. The van der Waals surface area contributed by atoms with Gasteiger partial charge in [0.05, 0.1) is 6.61 Å². The van der Waals surface area contributed by atoms with Gasteiger partial charge in [-0.2, -0.15) is 0 Å². The van der Waals surface area contributed by atoms with Gasteiger partial charge in [0.15, 0.2) is 0 Å². The van der Waals surface area contributed by atoms with Crippen LogP contribution in [0.3, 0.4) is 0 Å². The fourth-order valence-electron chi connectivity index (χ4n) is 3.72. The highest BCUT2D eigenvalue weighted by Gasteiger charge is 2.30. The molecule has 3 rings (SSSR count). The first-order chi connectivity index (χ1) is 10.3. The van der Waals surface area contributed by atoms with Crippen molar-refractivity contribution in [2.45, 2.75) is 38.6 Å². The summed E-state index contributed by atoms with van der Waals surface area (Å²) in [5.74, 6) is 2.48. The lowest BCUT2D eigenvalue weighted by Gasteiger charge is -2.42. The van der Waals surface area contributed by atoms with Gasteiger partial charge >= 0.3 is 0 Å². The number of rotatable bonds is 4. The Morgan fingerprint density at radius 2 is 2.24 bits per heavy atom. The summed E-state index contributed by atoms with van der Waals surface area (Å²) in [4.78, 5) is 2.72. The monoisotopic (exact) mass is 288 g/mol. The van der Waals surface area contributed by atoms with E-state index in [-0.39, 0.29) is 0 Å². The molecular formula is C18H28N2O. The first kappa shape index (κ1) is 14.9. The van der Waals surface area contributed by atoms with Gasteiger partial charge in [-0.1, -0.05) is 38.5 Å². The van der Waals surface area contributed by atoms with Gasteiger partial charge < -0.3 is 10.1 Å². The zero-order valence-corrected chi connectivity index (χ0v) is 13.3. The number of piperazine rings is 1. The topological polar surface area (TPSA) is 24.5 Å². The molecule has 3 nitrogen and oxygen atoms in total. The number of fused-ring (bicyclic) bond motifs is 1. The molecule has 1 aromatic rings. The first-order valence-electron chi connectivity index (χ1n) is 8.46. The Bertz CT molecular complexity index is 462. The van der Waals surface area contributed by atoms with Gasteiger partial charge in [0, 0.05) is 38.1 Å². The highest BCUT2D eigenvalue weighted by Crippen LogP contribution is 2.34. The molecule has 3 heteroatoms. The van der Waals surface area contributed by atoms with E-state index in [0.29, 0.717) is 12.0 Å². The van der Waals surface area contributed by atoms with Gasteiger partial charge in [-0.05, 0) is 24.0 Å². The largest absolute Gasteiger partial charge is 0.493 e. The second-order valence-corrected chi connectivity index (χ2v) is 6.52. The fraction of sp³-hybridized carbons (Fsp3) is 0.667. The molecular weight excluding hydrogens is 260 g/mol. The molecule has 0 radical (unpaired) electrons. The molecule has 0 saturated carbocycles. The van der Waals surface area contributed by atoms with Gasteiger partial charge in [0.25, 0.3) is 0 Å². The van der Waals surface area contributed by atoms with Crippen LogP contribution in [0.2, 0.25) is 0 Å². The van der Waals surface area contributed by atoms with Crippen molar-refractivity contribution in [1.29, 1.82) is 0 Å². The zero-order valence-electron chi connectivity index (χ0n) is 13.3. The van der Waals surface area contributed by atoms with E-state index in [4.69, 9.17) is 4.74 Å². The van der Waals surface area contributed by atoms with Crippen LogP contribution in [0, 0.1) is 5.92 Å². The minimum absolute atomic E-state index is 0.625. The lowest BCUT2D eigenvalue weighted by atomic mass is 9.90. The van der Waals surface area contributed by atoms with Crippen LogP contribution in [0.4, 0.5) is 0 Å². The van der Waals surface area contributed by atoms with Crippen molar-refractivity contribution >= 4 is 0 Å². The second kappa shape index (κ2) is 6.80. The van der Waals surface area contributed by atoms with Crippen molar-refractivity contribution in [2.24, 2.45) is 5.92 Å². The van der Waals surface area contributed by atoms with Crippen molar-refractivity contribution in [3.05, 3.63) is 29.8 Å². The summed E-state index contributed by atoms with van der Waals surface area (Å²) in [5.41, 5.74) is 1.41. The normalized spacial score (nSPS) is 27.7. The van der Waals surface area contributed by atoms with Crippen LogP contribution in [0.1, 0.15) is 38.2 Å². The summed E-state index contributed by atoms with van der Waals surface area (Å²) < 4.78 is 5.81. The smallest absolute Gasteiger partial charge is 0.122 e. The molecule has 1 saturated heterocycles. The molecule has 21 heavy (non-hydrogen) atoms. The van der Waals surface area contributed by atoms with E-state index in [2.05, 4.69) is 48.3 Å².